The summed E-state index contributed by atoms with van der Waals surface area (Å²) in [5, 5.41) is 4.40. The van der Waals surface area contributed by atoms with Crippen LogP contribution in [0.4, 0.5) is 5.00 Å². The fourth-order valence-electron chi connectivity index (χ4n) is 3.63. The molecule has 0 unspecified atom stereocenters. The van der Waals surface area contributed by atoms with Gasteiger partial charge < -0.3 is 10.1 Å². The van der Waals surface area contributed by atoms with Crippen molar-refractivity contribution in [2.45, 2.75) is 53.9 Å². The van der Waals surface area contributed by atoms with E-state index in [2.05, 4.69) is 31.1 Å². The lowest BCUT2D eigenvalue weighted by Gasteiger charge is -2.33. The summed E-state index contributed by atoms with van der Waals surface area (Å²) in [6.45, 7) is 10.5. The molecule has 1 atom stereocenters. The van der Waals surface area contributed by atoms with Crippen LogP contribution in [0.5, 0.6) is 0 Å². The second kappa shape index (κ2) is 7.36. The number of carbonyl (C=O) groups is 2. The standard InChI is InChI=1S/C20H26N2O3S2/c1-10-16(26-11(2)21-10)17(23)22-18-15(19(24)25-6)13-8-7-12(20(3,4)5)9-14(13)27-18/h12H,7-9H2,1-6H3,(H,22,23)/t12-/m0/s1. The molecule has 146 valence electrons. The van der Waals surface area contributed by atoms with E-state index in [1.807, 2.05) is 13.8 Å². The minimum Gasteiger partial charge on any atom is -0.465 e. The molecule has 1 aliphatic carbocycles. The van der Waals surface area contributed by atoms with Crippen LogP contribution in [0.3, 0.4) is 0 Å². The zero-order valence-corrected chi connectivity index (χ0v) is 18.3. The van der Waals surface area contributed by atoms with E-state index in [0.717, 1.165) is 29.8 Å². The normalized spacial score (nSPS) is 16.7. The molecule has 1 aliphatic rings. The molecule has 0 bridgehead atoms. The minimum absolute atomic E-state index is 0.214. The number of thiazole rings is 1. The molecule has 2 heterocycles. The third-order valence-corrected chi connectivity index (χ3v) is 7.46. The number of amides is 1. The van der Waals surface area contributed by atoms with Crippen LogP contribution >= 0.6 is 22.7 Å². The predicted molar refractivity (Wildman–Crippen MR) is 110 cm³/mol. The molecule has 0 saturated carbocycles. The zero-order valence-electron chi connectivity index (χ0n) is 16.7. The molecule has 2 aromatic rings. The van der Waals surface area contributed by atoms with Gasteiger partial charge in [0.15, 0.2) is 0 Å². The molecular formula is C20H26N2O3S2. The van der Waals surface area contributed by atoms with Gasteiger partial charge >= 0.3 is 5.97 Å². The highest BCUT2D eigenvalue weighted by Crippen LogP contribution is 2.44. The largest absolute Gasteiger partial charge is 0.465 e. The maximum Gasteiger partial charge on any atom is 0.341 e. The van der Waals surface area contributed by atoms with Gasteiger partial charge in [-0.25, -0.2) is 9.78 Å². The van der Waals surface area contributed by atoms with Crippen LogP contribution in [0, 0.1) is 25.2 Å². The summed E-state index contributed by atoms with van der Waals surface area (Å²) in [5.41, 5.74) is 2.49. The number of hydrogen-bond donors (Lipinski definition) is 1. The van der Waals surface area contributed by atoms with E-state index in [9.17, 15) is 9.59 Å². The molecule has 7 heteroatoms. The Morgan fingerprint density at radius 1 is 1.22 bits per heavy atom. The lowest BCUT2D eigenvalue weighted by Crippen LogP contribution is -2.26. The minimum atomic E-state index is -0.380. The van der Waals surface area contributed by atoms with Crippen LogP contribution in [-0.4, -0.2) is 24.0 Å². The number of rotatable bonds is 3. The Bertz CT molecular complexity index is 890. The number of methoxy groups -OCH3 is 1. The summed E-state index contributed by atoms with van der Waals surface area (Å²) >= 11 is 2.88. The smallest absolute Gasteiger partial charge is 0.341 e. The highest BCUT2D eigenvalue weighted by Gasteiger charge is 2.34. The first-order valence-corrected chi connectivity index (χ1v) is 10.7. The Labute approximate surface area is 168 Å². The van der Waals surface area contributed by atoms with Crippen LogP contribution in [-0.2, 0) is 17.6 Å². The Hall–Kier alpha value is -1.73. The van der Waals surface area contributed by atoms with Gasteiger partial charge in [-0.2, -0.15) is 0 Å². The van der Waals surface area contributed by atoms with Gasteiger partial charge in [-0.1, -0.05) is 20.8 Å². The van der Waals surface area contributed by atoms with Crippen LogP contribution in [0.25, 0.3) is 0 Å². The number of ether oxygens (including phenoxy) is 1. The highest BCUT2D eigenvalue weighted by molar-refractivity contribution is 7.17. The quantitative estimate of drug-likeness (QED) is 0.728. The second-order valence-electron chi connectivity index (χ2n) is 8.11. The van der Waals surface area contributed by atoms with E-state index in [0.29, 0.717) is 27.1 Å². The number of aryl methyl sites for hydroxylation is 2. The maximum absolute atomic E-state index is 12.8. The Morgan fingerprint density at radius 2 is 1.93 bits per heavy atom. The number of hydrogen-bond acceptors (Lipinski definition) is 6. The molecular weight excluding hydrogens is 380 g/mol. The first kappa shape index (κ1) is 20.0. The molecule has 0 radical (unpaired) electrons. The number of esters is 1. The van der Waals surface area contributed by atoms with Crippen molar-refractivity contribution < 1.29 is 14.3 Å². The van der Waals surface area contributed by atoms with E-state index >= 15 is 0 Å². The molecule has 5 nitrogen and oxygen atoms in total. The number of anilines is 1. The van der Waals surface area contributed by atoms with Crippen molar-refractivity contribution in [3.63, 3.8) is 0 Å². The fraction of sp³-hybridized carbons (Fsp3) is 0.550. The van der Waals surface area contributed by atoms with Crippen molar-refractivity contribution >= 4 is 39.6 Å². The molecule has 0 saturated heterocycles. The third-order valence-electron chi connectivity index (χ3n) is 5.22. The van der Waals surface area contributed by atoms with E-state index in [1.54, 1.807) is 0 Å². The Kier molecular flexibility index (Phi) is 5.45. The summed E-state index contributed by atoms with van der Waals surface area (Å²) in [6, 6.07) is 0. The first-order valence-electron chi connectivity index (χ1n) is 9.10. The van der Waals surface area contributed by atoms with Crippen LogP contribution in [0.15, 0.2) is 0 Å². The molecule has 2 aromatic heterocycles. The number of thiophene rings is 1. The van der Waals surface area contributed by atoms with Crippen molar-refractivity contribution in [2.24, 2.45) is 11.3 Å². The summed E-state index contributed by atoms with van der Waals surface area (Å²) in [6.07, 6.45) is 2.81. The molecule has 1 amide bonds. The molecule has 3 rings (SSSR count). The van der Waals surface area contributed by atoms with Gasteiger partial charge in [-0.05, 0) is 50.0 Å². The summed E-state index contributed by atoms with van der Waals surface area (Å²) < 4.78 is 5.02. The van der Waals surface area contributed by atoms with Gasteiger partial charge in [0.1, 0.15) is 9.88 Å². The van der Waals surface area contributed by atoms with Crippen molar-refractivity contribution in [3.8, 4) is 0 Å². The predicted octanol–water partition coefficient (Wildman–Crippen LogP) is 5.01. The first-order chi connectivity index (χ1) is 12.6. The maximum atomic E-state index is 12.8. The molecule has 0 aromatic carbocycles. The van der Waals surface area contributed by atoms with Gasteiger partial charge in [0.25, 0.3) is 5.91 Å². The summed E-state index contributed by atoms with van der Waals surface area (Å²) in [4.78, 5) is 31.3. The molecule has 0 aliphatic heterocycles. The van der Waals surface area contributed by atoms with Gasteiger partial charge in [0.2, 0.25) is 0 Å². The fourth-order valence-corrected chi connectivity index (χ4v) is 5.76. The van der Waals surface area contributed by atoms with E-state index < -0.39 is 0 Å². The number of nitrogens with zero attached hydrogens (tertiary/aromatic N) is 1. The number of fused-ring (bicyclic) bond motifs is 1. The lowest BCUT2D eigenvalue weighted by atomic mass is 9.72. The molecule has 1 N–H and O–H groups in total. The van der Waals surface area contributed by atoms with Crippen LogP contribution < -0.4 is 5.32 Å². The van der Waals surface area contributed by atoms with Gasteiger partial charge in [-0.15, -0.1) is 22.7 Å². The topological polar surface area (TPSA) is 68.3 Å². The third kappa shape index (κ3) is 3.94. The summed E-state index contributed by atoms with van der Waals surface area (Å²) in [5.74, 6) is -0.0347. The zero-order chi connectivity index (χ0) is 19.9. The monoisotopic (exact) mass is 406 g/mol. The van der Waals surface area contributed by atoms with E-state index in [4.69, 9.17) is 4.74 Å². The van der Waals surface area contributed by atoms with Gasteiger partial charge in [0, 0.05) is 4.88 Å². The molecule has 27 heavy (non-hydrogen) atoms. The van der Waals surface area contributed by atoms with E-state index in [-0.39, 0.29) is 17.3 Å². The highest BCUT2D eigenvalue weighted by atomic mass is 32.1. The van der Waals surface area contributed by atoms with Crippen LogP contribution in [0.1, 0.15) is 68.4 Å². The second-order valence-corrected chi connectivity index (χ2v) is 10.4. The van der Waals surface area contributed by atoms with Crippen molar-refractivity contribution in [3.05, 3.63) is 31.6 Å². The Morgan fingerprint density at radius 3 is 2.48 bits per heavy atom. The molecule has 0 spiro atoms. The van der Waals surface area contributed by atoms with Gasteiger partial charge in [-0.3, -0.25) is 4.79 Å². The average Bonchev–Trinajstić information content (AvgIpc) is 3.11. The lowest BCUT2D eigenvalue weighted by molar-refractivity contribution is 0.0600. The average molecular weight is 407 g/mol. The SMILES string of the molecule is COC(=O)c1c(NC(=O)c2sc(C)nc2C)sc2c1CC[C@H](C(C)(C)C)C2. The van der Waals surface area contributed by atoms with Crippen molar-refractivity contribution in [1.29, 1.82) is 0 Å². The Balaban J connectivity index is 1.96. The molecule has 0 fully saturated rings. The number of aromatic nitrogens is 1. The number of nitrogens with one attached hydrogen (secondary N) is 1. The van der Waals surface area contributed by atoms with Gasteiger partial charge in [0.05, 0.1) is 23.4 Å². The number of carbonyl (C=O) groups excluding carboxylic acids is 2. The van der Waals surface area contributed by atoms with Crippen molar-refractivity contribution in [2.75, 3.05) is 12.4 Å². The summed E-state index contributed by atoms with van der Waals surface area (Å²) in [7, 11) is 1.38. The van der Waals surface area contributed by atoms with Crippen molar-refractivity contribution in [1.82, 2.24) is 4.98 Å². The van der Waals surface area contributed by atoms with E-state index in [1.165, 1.54) is 34.7 Å². The van der Waals surface area contributed by atoms with Crippen LogP contribution in [0.2, 0.25) is 0 Å².